The van der Waals surface area contributed by atoms with Gasteiger partial charge in [0.15, 0.2) is 5.78 Å². The van der Waals surface area contributed by atoms with E-state index in [1.165, 1.54) is 4.57 Å². The molecular weight excluding hydrogens is 378 g/mol. The third-order valence-corrected chi connectivity index (χ3v) is 5.86. The molecule has 0 aliphatic heterocycles. The topological polar surface area (TPSA) is 83.2 Å². The summed E-state index contributed by atoms with van der Waals surface area (Å²) in [6, 6.07) is 9.04. The van der Waals surface area contributed by atoms with Crippen LogP contribution in [0.4, 0.5) is 0 Å². The van der Waals surface area contributed by atoms with Crippen molar-refractivity contribution in [1.82, 2.24) is 14.1 Å². The molecule has 0 amide bonds. The van der Waals surface area contributed by atoms with Crippen molar-refractivity contribution < 1.29 is 17.9 Å². The molecule has 0 bridgehead atoms. The number of benzene rings is 1. The Morgan fingerprint density at radius 2 is 1.93 bits per heavy atom. The fourth-order valence-electron chi connectivity index (χ4n) is 3.77. The number of methoxy groups -OCH3 is 1. The average Bonchev–Trinajstić information content (AvgIpc) is 3.13. The van der Waals surface area contributed by atoms with Crippen LogP contribution in [-0.4, -0.2) is 48.3 Å². The van der Waals surface area contributed by atoms with Gasteiger partial charge in [-0.3, -0.25) is 4.79 Å². The van der Waals surface area contributed by atoms with Crippen LogP contribution in [0.3, 0.4) is 0 Å². The number of sulfone groups is 1. The minimum absolute atomic E-state index is 0.0900. The standard InChI is InChI=1S/C20H25N3O4S/c1-13-10-16(15(3)23(13)14(2)12-27-4)19(24)11-22-18-9-7-6-8-17(18)21-20(22)28(5,25)26/h6-10,14H,11-12H2,1-5H3. The first-order valence-electron chi connectivity index (χ1n) is 9.01. The van der Waals surface area contributed by atoms with Gasteiger partial charge in [-0.1, -0.05) is 12.1 Å². The maximum atomic E-state index is 13.1. The molecule has 0 saturated heterocycles. The number of para-hydroxylation sites is 2. The van der Waals surface area contributed by atoms with Crippen LogP contribution in [0.15, 0.2) is 35.5 Å². The zero-order valence-corrected chi connectivity index (χ0v) is 17.6. The molecule has 2 heterocycles. The number of carbonyl (C=O) groups excluding carboxylic acids is 1. The van der Waals surface area contributed by atoms with Crippen LogP contribution in [-0.2, 0) is 21.1 Å². The molecule has 2 aromatic heterocycles. The van der Waals surface area contributed by atoms with E-state index < -0.39 is 9.84 Å². The molecule has 28 heavy (non-hydrogen) atoms. The zero-order valence-electron chi connectivity index (χ0n) is 16.8. The lowest BCUT2D eigenvalue weighted by atomic mass is 10.1. The Hall–Kier alpha value is -2.45. The van der Waals surface area contributed by atoms with Crippen molar-refractivity contribution in [1.29, 1.82) is 0 Å². The van der Waals surface area contributed by atoms with E-state index in [1.807, 2.05) is 26.8 Å². The maximum absolute atomic E-state index is 13.1. The molecule has 0 aliphatic carbocycles. The number of carbonyl (C=O) groups is 1. The highest BCUT2D eigenvalue weighted by atomic mass is 32.2. The fourth-order valence-corrected chi connectivity index (χ4v) is 4.60. The average molecular weight is 404 g/mol. The number of rotatable bonds is 7. The van der Waals surface area contributed by atoms with Gasteiger partial charge in [-0.2, -0.15) is 0 Å². The molecule has 3 rings (SSSR count). The van der Waals surface area contributed by atoms with Crippen molar-refractivity contribution in [2.75, 3.05) is 20.0 Å². The highest BCUT2D eigenvalue weighted by molar-refractivity contribution is 7.90. The lowest BCUT2D eigenvalue weighted by Gasteiger charge is -2.17. The Morgan fingerprint density at radius 1 is 1.25 bits per heavy atom. The van der Waals surface area contributed by atoms with Gasteiger partial charge in [0, 0.05) is 30.3 Å². The number of Topliss-reactive ketones (excluding diaryl/α,β-unsaturated/α-hetero) is 1. The number of hydrogen-bond donors (Lipinski definition) is 0. The Kier molecular flexibility index (Phi) is 5.45. The molecule has 0 aliphatic rings. The number of ether oxygens (including phenoxy) is 1. The van der Waals surface area contributed by atoms with Gasteiger partial charge in [0.1, 0.15) is 0 Å². The Balaban J connectivity index is 2.04. The van der Waals surface area contributed by atoms with Crippen molar-refractivity contribution in [3.05, 3.63) is 47.3 Å². The van der Waals surface area contributed by atoms with Gasteiger partial charge < -0.3 is 13.9 Å². The second-order valence-electron chi connectivity index (χ2n) is 7.12. The summed E-state index contributed by atoms with van der Waals surface area (Å²) >= 11 is 0. The number of fused-ring (bicyclic) bond motifs is 1. The molecule has 0 saturated carbocycles. The summed E-state index contributed by atoms with van der Waals surface area (Å²) in [5.41, 5.74) is 3.56. The van der Waals surface area contributed by atoms with Gasteiger partial charge in [0.25, 0.3) is 0 Å². The van der Waals surface area contributed by atoms with Crippen LogP contribution in [0, 0.1) is 13.8 Å². The van der Waals surface area contributed by atoms with Gasteiger partial charge in [-0.15, -0.1) is 0 Å². The normalized spacial score (nSPS) is 13.2. The molecule has 8 heteroatoms. The number of aryl methyl sites for hydroxylation is 1. The van der Waals surface area contributed by atoms with Crippen molar-refractivity contribution >= 4 is 26.7 Å². The van der Waals surface area contributed by atoms with E-state index in [0.29, 0.717) is 23.2 Å². The Morgan fingerprint density at radius 3 is 2.57 bits per heavy atom. The quantitative estimate of drug-likeness (QED) is 0.567. The van der Waals surface area contributed by atoms with Crippen molar-refractivity contribution in [2.24, 2.45) is 0 Å². The van der Waals surface area contributed by atoms with Crippen LogP contribution < -0.4 is 0 Å². The number of hydrogen-bond acceptors (Lipinski definition) is 5. The Labute approximate surface area is 164 Å². The highest BCUT2D eigenvalue weighted by Gasteiger charge is 2.24. The van der Waals surface area contributed by atoms with E-state index in [0.717, 1.165) is 17.6 Å². The maximum Gasteiger partial charge on any atom is 0.228 e. The number of ketones is 1. The fraction of sp³-hybridized carbons (Fsp3) is 0.400. The van der Waals surface area contributed by atoms with Crippen LogP contribution >= 0.6 is 0 Å². The molecule has 1 unspecified atom stereocenters. The lowest BCUT2D eigenvalue weighted by Crippen LogP contribution is -2.17. The van der Waals surface area contributed by atoms with Gasteiger partial charge >= 0.3 is 0 Å². The van der Waals surface area contributed by atoms with Gasteiger partial charge in [0.2, 0.25) is 15.0 Å². The van der Waals surface area contributed by atoms with Crippen molar-refractivity contribution in [3.63, 3.8) is 0 Å². The largest absolute Gasteiger partial charge is 0.383 e. The first-order valence-corrected chi connectivity index (χ1v) is 10.9. The second kappa shape index (κ2) is 7.52. The van der Waals surface area contributed by atoms with E-state index in [2.05, 4.69) is 9.55 Å². The molecule has 7 nitrogen and oxygen atoms in total. The third-order valence-electron chi connectivity index (χ3n) is 4.89. The van der Waals surface area contributed by atoms with Gasteiger partial charge in [-0.05, 0) is 39.0 Å². The molecule has 3 aromatic rings. The van der Waals surface area contributed by atoms with Gasteiger partial charge in [0.05, 0.1) is 30.2 Å². The van der Waals surface area contributed by atoms with Crippen molar-refractivity contribution in [3.8, 4) is 0 Å². The third kappa shape index (κ3) is 3.62. The number of nitrogens with zero attached hydrogens (tertiary/aromatic N) is 3. The van der Waals surface area contributed by atoms with Crippen molar-refractivity contribution in [2.45, 2.75) is 38.5 Å². The summed E-state index contributed by atoms with van der Waals surface area (Å²) in [5, 5.41) is -0.0939. The summed E-state index contributed by atoms with van der Waals surface area (Å²) in [7, 11) is -1.93. The molecule has 0 fully saturated rings. The SMILES string of the molecule is COCC(C)n1c(C)cc(C(=O)Cn2c(S(C)(=O)=O)nc3ccccc32)c1C. The molecule has 1 atom stereocenters. The van der Waals surface area contributed by atoms with Crippen LogP contribution in [0.5, 0.6) is 0 Å². The van der Waals surface area contributed by atoms with E-state index in [-0.39, 0.29) is 23.5 Å². The summed E-state index contributed by atoms with van der Waals surface area (Å²) in [5.74, 6) is -0.156. The molecule has 0 N–H and O–H groups in total. The Bertz CT molecular complexity index is 1140. The molecule has 1 aromatic carbocycles. The van der Waals surface area contributed by atoms with E-state index in [1.54, 1.807) is 31.4 Å². The summed E-state index contributed by atoms with van der Waals surface area (Å²) in [6.07, 6.45) is 1.10. The first kappa shape index (κ1) is 20.3. The van der Waals surface area contributed by atoms with E-state index in [9.17, 15) is 13.2 Å². The summed E-state index contributed by atoms with van der Waals surface area (Å²) in [4.78, 5) is 17.3. The predicted molar refractivity (Wildman–Crippen MR) is 108 cm³/mol. The predicted octanol–water partition coefficient (Wildman–Crippen LogP) is 2.95. The number of aromatic nitrogens is 3. The lowest BCUT2D eigenvalue weighted by molar-refractivity contribution is 0.0969. The smallest absolute Gasteiger partial charge is 0.228 e. The minimum Gasteiger partial charge on any atom is -0.383 e. The van der Waals surface area contributed by atoms with Crippen LogP contribution in [0.2, 0.25) is 0 Å². The van der Waals surface area contributed by atoms with Crippen LogP contribution in [0.25, 0.3) is 11.0 Å². The summed E-state index contributed by atoms with van der Waals surface area (Å²) in [6.45, 7) is 6.32. The van der Waals surface area contributed by atoms with E-state index in [4.69, 9.17) is 4.74 Å². The first-order chi connectivity index (χ1) is 13.1. The number of imidazole rings is 1. The van der Waals surface area contributed by atoms with Crippen LogP contribution in [0.1, 0.15) is 34.7 Å². The monoisotopic (exact) mass is 403 g/mol. The molecule has 150 valence electrons. The zero-order chi connectivity index (χ0) is 20.6. The molecule has 0 spiro atoms. The molecular formula is C20H25N3O4S. The highest BCUT2D eigenvalue weighted by Crippen LogP contribution is 2.24. The minimum atomic E-state index is -3.58. The molecule has 0 radical (unpaired) electrons. The summed E-state index contributed by atoms with van der Waals surface area (Å²) < 4.78 is 33.2. The van der Waals surface area contributed by atoms with E-state index >= 15 is 0 Å². The second-order valence-corrected chi connectivity index (χ2v) is 9.03. The van der Waals surface area contributed by atoms with Gasteiger partial charge in [-0.25, -0.2) is 13.4 Å².